The van der Waals surface area contributed by atoms with Crippen molar-refractivity contribution in [2.24, 2.45) is 0 Å². The Hall–Kier alpha value is -3.59. The predicted molar refractivity (Wildman–Crippen MR) is 112 cm³/mol. The molecule has 0 aliphatic heterocycles. The van der Waals surface area contributed by atoms with Gasteiger partial charge in [0.1, 0.15) is 16.8 Å². The molecule has 3 rings (SSSR count). The summed E-state index contributed by atoms with van der Waals surface area (Å²) < 4.78 is 52.6. The van der Waals surface area contributed by atoms with Crippen molar-refractivity contribution in [2.45, 2.75) is 31.1 Å². The number of benzene rings is 1. The van der Waals surface area contributed by atoms with Crippen LogP contribution < -0.4 is 14.7 Å². The average Bonchev–Trinajstić information content (AvgIpc) is 3.25. The van der Waals surface area contributed by atoms with Crippen LogP contribution in [0, 0.1) is 11.3 Å². The monoisotopic (exact) mass is 478 g/mol. The van der Waals surface area contributed by atoms with Gasteiger partial charge in [-0.1, -0.05) is 11.8 Å². The first-order valence-electron chi connectivity index (χ1n) is 9.60. The van der Waals surface area contributed by atoms with E-state index in [1.807, 2.05) is 13.8 Å². The van der Waals surface area contributed by atoms with Crippen LogP contribution in [0.4, 0.5) is 19.1 Å². The first-order chi connectivity index (χ1) is 15.6. The van der Waals surface area contributed by atoms with E-state index in [1.54, 1.807) is 30.3 Å². The second-order valence-electron chi connectivity index (χ2n) is 7.05. The van der Waals surface area contributed by atoms with Gasteiger partial charge in [0, 0.05) is 5.56 Å². The van der Waals surface area contributed by atoms with Gasteiger partial charge >= 0.3 is 12.1 Å². The summed E-state index contributed by atoms with van der Waals surface area (Å²) in [5.74, 6) is -0.235. The Bertz CT molecular complexity index is 1190. The second-order valence-corrected chi connectivity index (χ2v) is 8.01. The third-order valence-corrected chi connectivity index (χ3v) is 5.38. The second kappa shape index (κ2) is 9.91. The fourth-order valence-corrected chi connectivity index (χ4v) is 3.53. The SMILES string of the molecule is COc1ccc(-c2cc(C(F)(F)F)c(C#N)c(SCC(=O)Nc3c[n+](C(C)C)no3)n2)cc1. The summed E-state index contributed by atoms with van der Waals surface area (Å²) in [7, 11) is 1.47. The Balaban J connectivity index is 1.88. The number of nitrogens with zero attached hydrogens (tertiary/aromatic N) is 4. The van der Waals surface area contributed by atoms with Gasteiger partial charge < -0.3 is 4.74 Å². The summed E-state index contributed by atoms with van der Waals surface area (Å²) >= 11 is 0.720. The van der Waals surface area contributed by atoms with Crippen molar-refractivity contribution in [3.63, 3.8) is 0 Å². The molecule has 0 bridgehead atoms. The molecule has 0 saturated carbocycles. The molecule has 33 heavy (non-hydrogen) atoms. The molecule has 0 atom stereocenters. The fraction of sp³-hybridized carbons (Fsp3) is 0.286. The molecule has 0 saturated heterocycles. The summed E-state index contributed by atoms with van der Waals surface area (Å²) in [6.45, 7) is 3.74. The van der Waals surface area contributed by atoms with Crippen LogP contribution in [0.2, 0.25) is 0 Å². The fourth-order valence-electron chi connectivity index (χ4n) is 2.73. The highest BCUT2D eigenvalue weighted by Crippen LogP contribution is 2.38. The van der Waals surface area contributed by atoms with Gasteiger partial charge in [-0.15, -0.1) is 0 Å². The third-order valence-electron chi connectivity index (χ3n) is 4.40. The Morgan fingerprint density at radius 1 is 1.33 bits per heavy atom. The number of nitriles is 1. The number of carbonyl (C=O) groups is 1. The van der Waals surface area contributed by atoms with Crippen LogP contribution in [0.25, 0.3) is 11.3 Å². The molecule has 1 amide bonds. The molecule has 0 aliphatic rings. The number of thioether (sulfide) groups is 1. The van der Waals surface area contributed by atoms with Crippen molar-refractivity contribution in [3.8, 4) is 23.1 Å². The minimum absolute atomic E-state index is 0.0117. The largest absolute Gasteiger partial charge is 0.497 e. The first-order valence-corrected chi connectivity index (χ1v) is 10.6. The highest BCUT2D eigenvalue weighted by molar-refractivity contribution is 8.00. The smallest absolute Gasteiger partial charge is 0.417 e. The zero-order valence-electron chi connectivity index (χ0n) is 17.8. The summed E-state index contributed by atoms with van der Waals surface area (Å²) in [6, 6.07) is 8.69. The number of halogens is 3. The molecule has 0 unspecified atom stereocenters. The maximum absolute atomic E-state index is 13.7. The molecule has 2 heterocycles. The Morgan fingerprint density at radius 3 is 2.58 bits per heavy atom. The summed E-state index contributed by atoms with van der Waals surface area (Å²) in [5.41, 5.74) is -1.35. The maximum atomic E-state index is 13.7. The molecule has 172 valence electrons. The number of ether oxygens (including phenoxy) is 1. The van der Waals surface area contributed by atoms with Crippen molar-refractivity contribution in [1.29, 1.82) is 5.26 Å². The van der Waals surface area contributed by atoms with Crippen molar-refractivity contribution >= 4 is 23.6 Å². The molecule has 3 aromatic rings. The number of methoxy groups -OCH3 is 1. The molecular weight excluding hydrogens is 459 g/mol. The highest BCUT2D eigenvalue weighted by atomic mass is 32.2. The average molecular weight is 478 g/mol. The van der Waals surface area contributed by atoms with Gasteiger partial charge in [0.05, 0.1) is 29.7 Å². The van der Waals surface area contributed by atoms with Crippen LogP contribution in [0.3, 0.4) is 0 Å². The van der Waals surface area contributed by atoms with E-state index in [9.17, 15) is 23.2 Å². The van der Waals surface area contributed by atoms with E-state index in [0.29, 0.717) is 11.3 Å². The Labute approximate surface area is 191 Å². The number of anilines is 1. The lowest BCUT2D eigenvalue weighted by molar-refractivity contribution is -0.779. The minimum atomic E-state index is -4.78. The summed E-state index contributed by atoms with van der Waals surface area (Å²) in [4.78, 5) is 16.5. The molecule has 12 heteroatoms. The van der Waals surface area contributed by atoms with Gasteiger partial charge in [-0.05, 0) is 48.9 Å². The molecule has 1 aromatic carbocycles. The number of amides is 1. The molecule has 2 aromatic heterocycles. The lowest BCUT2D eigenvalue weighted by Gasteiger charge is -2.14. The van der Waals surface area contributed by atoms with Gasteiger partial charge in [0.25, 0.3) is 6.20 Å². The van der Waals surface area contributed by atoms with Gasteiger partial charge in [0.15, 0.2) is 6.04 Å². The normalized spacial score (nSPS) is 11.3. The van der Waals surface area contributed by atoms with Crippen LogP contribution in [0.1, 0.15) is 31.0 Å². The summed E-state index contributed by atoms with van der Waals surface area (Å²) in [6.07, 6.45) is -3.30. The van der Waals surface area contributed by atoms with Crippen LogP contribution in [-0.2, 0) is 11.0 Å². The zero-order valence-corrected chi connectivity index (χ0v) is 18.6. The Morgan fingerprint density at radius 2 is 2.03 bits per heavy atom. The zero-order chi connectivity index (χ0) is 24.2. The van der Waals surface area contributed by atoms with Crippen molar-refractivity contribution in [3.05, 3.63) is 47.7 Å². The van der Waals surface area contributed by atoms with Crippen LogP contribution in [0.5, 0.6) is 5.75 Å². The van der Waals surface area contributed by atoms with Crippen LogP contribution in [0.15, 0.2) is 46.1 Å². The number of carbonyl (C=O) groups excluding carboxylic acids is 1. The number of pyridine rings is 1. The molecule has 0 radical (unpaired) electrons. The lowest BCUT2D eigenvalue weighted by atomic mass is 10.1. The van der Waals surface area contributed by atoms with Crippen LogP contribution in [-0.4, -0.2) is 29.0 Å². The third kappa shape index (κ3) is 5.81. The van der Waals surface area contributed by atoms with E-state index in [1.165, 1.54) is 18.0 Å². The molecule has 0 fully saturated rings. The van der Waals surface area contributed by atoms with Gasteiger partial charge in [-0.25, -0.2) is 4.98 Å². The van der Waals surface area contributed by atoms with E-state index in [2.05, 4.69) is 15.6 Å². The highest BCUT2D eigenvalue weighted by Gasteiger charge is 2.36. The van der Waals surface area contributed by atoms with E-state index >= 15 is 0 Å². The molecule has 1 N–H and O–H groups in total. The van der Waals surface area contributed by atoms with Gasteiger partial charge in [-0.3, -0.25) is 14.6 Å². The number of aromatic nitrogens is 3. The Kier molecular flexibility index (Phi) is 7.23. The topological polar surface area (TPSA) is 105 Å². The quantitative estimate of drug-likeness (QED) is 0.400. The minimum Gasteiger partial charge on any atom is -0.497 e. The molecule has 0 spiro atoms. The van der Waals surface area contributed by atoms with Gasteiger partial charge in [0.2, 0.25) is 11.2 Å². The molecule has 0 aliphatic carbocycles. The lowest BCUT2D eigenvalue weighted by Crippen LogP contribution is -2.36. The van der Waals surface area contributed by atoms with E-state index in [0.717, 1.165) is 17.8 Å². The first kappa shape index (κ1) is 24.1. The molecular formula is C21H19F3N5O3S+. The maximum Gasteiger partial charge on any atom is 0.417 e. The van der Waals surface area contributed by atoms with Crippen molar-refractivity contribution in [2.75, 3.05) is 18.2 Å². The van der Waals surface area contributed by atoms with Crippen molar-refractivity contribution in [1.82, 2.24) is 10.3 Å². The standard InChI is InChI=1S/C21H18F3N5O3S/c1-12(2)29-10-19(32-28-29)27-18(30)11-33-20-15(9-25)16(21(22,23)24)8-17(26-20)13-4-6-14(31-3)7-5-13/h4-8,10,12H,11H2,1-3H3/p+1. The van der Waals surface area contributed by atoms with Gasteiger partial charge in [-0.2, -0.15) is 18.4 Å². The summed E-state index contributed by atoms with van der Waals surface area (Å²) in [5, 5.41) is 15.4. The number of nitrogens with one attached hydrogen (secondary N) is 1. The van der Waals surface area contributed by atoms with E-state index in [4.69, 9.17) is 9.26 Å². The number of hydrogen-bond donors (Lipinski definition) is 1. The molecule has 8 nitrogen and oxygen atoms in total. The van der Waals surface area contributed by atoms with E-state index in [-0.39, 0.29) is 28.4 Å². The number of alkyl halides is 3. The number of hydrogen-bond acceptors (Lipinski definition) is 7. The van der Waals surface area contributed by atoms with Crippen molar-refractivity contribution < 1.29 is 31.9 Å². The number of rotatable bonds is 7. The van der Waals surface area contributed by atoms with Crippen LogP contribution >= 0.6 is 11.8 Å². The van der Waals surface area contributed by atoms with E-state index < -0.39 is 23.2 Å². The predicted octanol–water partition coefficient (Wildman–Crippen LogP) is 4.23.